The number of nitro benzene ring substituents is 1. The number of nitrogens with zero attached hydrogens (tertiary/aromatic N) is 2. The normalized spacial score (nSPS) is 11.0. The van der Waals surface area contributed by atoms with Crippen molar-refractivity contribution < 1.29 is 19.3 Å². The van der Waals surface area contributed by atoms with Gasteiger partial charge in [0.15, 0.2) is 6.61 Å². The van der Waals surface area contributed by atoms with Crippen LogP contribution >= 0.6 is 0 Å². The van der Waals surface area contributed by atoms with E-state index in [1.807, 2.05) is 6.07 Å². The summed E-state index contributed by atoms with van der Waals surface area (Å²) in [7, 11) is 0. The molecule has 2 rings (SSSR count). The average molecular weight is 328 g/mol. The maximum atomic E-state index is 11.6. The van der Waals surface area contributed by atoms with E-state index >= 15 is 0 Å². The third kappa shape index (κ3) is 5.53. The highest BCUT2D eigenvalue weighted by atomic mass is 16.7. The number of carbonyl (C=O) groups is 1. The van der Waals surface area contributed by atoms with Gasteiger partial charge in [0.05, 0.1) is 10.6 Å². The lowest BCUT2D eigenvalue weighted by molar-refractivity contribution is -0.384. The molecule has 7 nitrogen and oxygen atoms in total. The molecule has 0 amide bonds. The van der Waals surface area contributed by atoms with E-state index in [0.29, 0.717) is 17.9 Å². The van der Waals surface area contributed by atoms with Crippen LogP contribution in [-0.4, -0.2) is 23.2 Å². The van der Waals surface area contributed by atoms with Gasteiger partial charge in [-0.1, -0.05) is 35.5 Å². The third-order valence-electron chi connectivity index (χ3n) is 3.01. The molecule has 2 aromatic carbocycles. The molecule has 0 heterocycles. The van der Waals surface area contributed by atoms with E-state index in [1.54, 1.807) is 43.3 Å². The minimum Gasteiger partial charge on any atom is -0.482 e. The molecule has 0 fully saturated rings. The first kappa shape index (κ1) is 17.1. The third-order valence-corrected chi connectivity index (χ3v) is 3.01. The zero-order valence-electron chi connectivity index (χ0n) is 13.0. The van der Waals surface area contributed by atoms with Crippen molar-refractivity contribution >= 4 is 17.4 Å². The molecule has 0 unspecified atom stereocenters. The lowest BCUT2D eigenvalue weighted by Crippen LogP contribution is -2.13. The van der Waals surface area contributed by atoms with Gasteiger partial charge in [-0.25, -0.2) is 4.79 Å². The van der Waals surface area contributed by atoms with E-state index in [1.165, 1.54) is 12.1 Å². The Morgan fingerprint density at radius 3 is 2.42 bits per heavy atom. The summed E-state index contributed by atoms with van der Waals surface area (Å²) < 4.78 is 5.25. The van der Waals surface area contributed by atoms with Crippen molar-refractivity contribution in [1.29, 1.82) is 0 Å². The van der Waals surface area contributed by atoms with Crippen LogP contribution in [0.4, 0.5) is 5.69 Å². The van der Waals surface area contributed by atoms with Crippen LogP contribution in [0, 0.1) is 10.1 Å². The lowest BCUT2D eigenvalue weighted by atomic mass is 10.1. The first-order chi connectivity index (χ1) is 11.5. The second-order valence-electron chi connectivity index (χ2n) is 4.99. The molecular formula is C17H16N2O5. The van der Waals surface area contributed by atoms with Crippen molar-refractivity contribution in [1.82, 2.24) is 0 Å². The summed E-state index contributed by atoms with van der Waals surface area (Å²) in [5, 5.41) is 14.3. The van der Waals surface area contributed by atoms with E-state index in [2.05, 4.69) is 5.16 Å². The predicted molar refractivity (Wildman–Crippen MR) is 87.9 cm³/mol. The molecule has 0 aliphatic rings. The summed E-state index contributed by atoms with van der Waals surface area (Å²) in [6.07, 6.45) is 0.421. The number of carbonyl (C=O) groups excluding carboxylic acids is 1. The Labute approximate surface area is 138 Å². The van der Waals surface area contributed by atoms with E-state index in [9.17, 15) is 14.9 Å². The molecule has 0 radical (unpaired) electrons. The van der Waals surface area contributed by atoms with Crippen LogP contribution in [0.5, 0.6) is 5.75 Å². The minimum atomic E-state index is -0.609. The van der Waals surface area contributed by atoms with Crippen molar-refractivity contribution in [3.8, 4) is 5.75 Å². The number of ether oxygens (including phenoxy) is 1. The van der Waals surface area contributed by atoms with Gasteiger partial charge in [0, 0.05) is 18.6 Å². The molecule has 0 saturated carbocycles. The van der Waals surface area contributed by atoms with Crippen LogP contribution in [0.1, 0.15) is 12.5 Å². The molecular weight excluding hydrogens is 312 g/mol. The summed E-state index contributed by atoms with van der Waals surface area (Å²) in [4.78, 5) is 26.5. The Hall–Kier alpha value is -3.22. The summed E-state index contributed by atoms with van der Waals surface area (Å²) in [5.74, 6) is -0.0390. The summed E-state index contributed by atoms with van der Waals surface area (Å²) in [6.45, 7) is 1.46. The molecule has 0 atom stereocenters. The van der Waals surface area contributed by atoms with Crippen molar-refractivity contribution in [3.63, 3.8) is 0 Å². The van der Waals surface area contributed by atoms with Gasteiger partial charge >= 0.3 is 5.97 Å². The molecule has 7 heteroatoms. The maximum Gasteiger partial charge on any atom is 0.372 e. The number of para-hydroxylation sites is 1. The standard InChI is InChI=1S/C17H16N2O5/c1-13(11-14-7-9-15(10-8-14)19(21)22)18-24-17(20)12-23-16-5-3-2-4-6-16/h2-10H,11-12H2,1H3/b18-13+. The summed E-state index contributed by atoms with van der Waals surface area (Å²) in [5.41, 5.74) is 1.42. The van der Waals surface area contributed by atoms with Crippen LogP contribution in [-0.2, 0) is 16.1 Å². The van der Waals surface area contributed by atoms with Crippen LogP contribution < -0.4 is 4.74 Å². The molecule has 0 saturated heterocycles. The topological polar surface area (TPSA) is 91.0 Å². The molecule has 2 aromatic rings. The molecule has 0 bridgehead atoms. The molecule has 24 heavy (non-hydrogen) atoms. The average Bonchev–Trinajstić information content (AvgIpc) is 2.59. The number of hydrogen-bond donors (Lipinski definition) is 0. The Morgan fingerprint density at radius 2 is 1.79 bits per heavy atom. The monoisotopic (exact) mass is 328 g/mol. The van der Waals surface area contributed by atoms with Crippen molar-refractivity contribution in [3.05, 3.63) is 70.3 Å². The fraction of sp³-hybridized carbons (Fsp3) is 0.176. The second kappa shape index (κ2) is 8.42. The van der Waals surface area contributed by atoms with Gasteiger partial charge in [0.25, 0.3) is 5.69 Å². The van der Waals surface area contributed by atoms with Gasteiger partial charge in [-0.3, -0.25) is 10.1 Å². The molecule has 0 N–H and O–H groups in total. The number of nitro groups is 1. The van der Waals surface area contributed by atoms with Gasteiger partial charge in [0.1, 0.15) is 5.75 Å². The van der Waals surface area contributed by atoms with Crippen molar-refractivity contribution in [2.75, 3.05) is 6.61 Å². The van der Waals surface area contributed by atoms with Gasteiger partial charge in [0.2, 0.25) is 0 Å². The van der Waals surface area contributed by atoms with E-state index in [0.717, 1.165) is 5.56 Å². The van der Waals surface area contributed by atoms with Crippen LogP contribution in [0.2, 0.25) is 0 Å². The Kier molecular flexibility index (Phi) is 6.01. The van der Waals surface area contributed by atoms with E-state index in [4.69, 9.17) is 9.57 Å². The number of benzene rings is 2. The largest absolute Gasteiger partial charge is 0.482 e. The fourth-order valence-corrected chi connectivity index (χ4v) is 1.88. The SMILES string of the molecule is C/C(Cc1ccc([N+](=O)[O-])cc1)=N\OC(=O)COc1ccccc1. The van der Waals surface area contributed by atoms with Crippen molar-refractivity contribution in [2.24, 2.45) is 5.16 Å². The Balaban J connectivity index is 1.80. The number of hydrogen-bond acceptors (Lipinski definition) is 6. The highest BCUT2D eigenvalue weighted by molar-refractivity contribution is 5.84. The van der Waals surface area contributed by atoms with Crippen LogP contribution in [0.15, 0.2) is 59.8 Å². The lowest BCUT2D eigenvalue weighted by Gasteiger charge is -2.04. The molecule has 0 aliphatic heterocycles. The molecule has 124 valence electrons. The van der Waals surface area contributed by atoms with E-state index in [-0.39, 0.29) is 12.3 Å². The van der Waals surface area contributed by atoms with Crippen molar-refractivity contribution in [2.45, 2.75) is 13.3 Å². The zero-order chi connectivity index (χ0) is 17.4. The fourth-order valence-electron chi connectivity index (χ4n) is 1.88. The smallest absolute Gasteiger partial charge is 0.372 e. The Morgan fingerprint density at radius 1 is 1.12 bits per heavy atom. The molecule has 0 aromatic heterocycles. The number of non-ortho nitro benzene ring substituents is 1. The van der Waals surface area contributed by atoms with Gasteiger partial charge in [-0.05, 0) is 24.6 Å². The number of oxime groups is 1. The van der Waals surface area contributed by atoms with Crippen LogP contribution in [0.25, 0.3) is 0 Å². The molecule has 0 aliphatic carbocycles. The summed E-state index contributed by atoms with van der Waals surface area (Å²) in [6, 6.07) is 15.0. The zero-order valence-corrected chi connectivity index (χ0v) is 13.0. The Bertz CT molecular complexity index is 726. The second-order valence-corrected chi connectivity index (χ2v) is 4.99. The van der Waals surface area contributed by atoms with Gasteiger partial charge < -0.3 is 9.57 Å². The quantitative estimate of drug-likeness (QED) is 0.337. The maximum absolute atomic E-state index is 11.6. The van der Waals surface area contributed by atoms with Crippen LogP contribution in [0.3, 0.4) is 0 Å². The number of rotatable bonds is 7. The first-order valence-electron chi connectivity index (χ1n) is 7.19. The first-order valence-corrected chi connectivity index (χ1v) is 7.19. The highest BCUT2D eigenvalue weighted by Crippen LogP contribution is 2.12. The van der Waals surface area contributed by atoms with Gasteiger partial charge in [-0.15, -0.1) is 0 Å². The van der Waals surface area contributed by atoms with Gasteiger partial charge in [-0.2, -0.15) is 0 Å². The van der Waals surface area contributed by atoms with E-state index < -0.39 is 10.9 Å². The minimum absolute atomic E-state index is 0.0258. The predicted octanol–water partition coefficient (Wildman–Crippen LogP) is 3.14. The highest BCUT2D eigenvalue weighted by Gasteiger charge is 2.07. The molecule has 0 spiro atoms. The summed E-state index contributed by atoms with van der Waals surface area (Å²) >= 11 is 0.